The largest absolute Gasteiger partial charge is 0.344 e. The van der Waals surface area contributed by atoms with Crippen molar-refractivity contribution >= 4 is 44.0 Å². The number of fused-ring (bicyclic) bond motifs is 2. The minimum Gasteiger partial charge on any atom is -0.344 e. The van der Waals surface area contributed by atoms with Crippen LogP contribution < -0.4 is 5.56 Å². The minimum atomic E-state index is -0.157. The average Bonchev–Trinajstić information content (AvgIpc) is 3.11. The van der Waals surface area contributed by atoms with Crippen LogP contribution in [0.15, 0.2) is 63.0 Å². The minimum absolute atomic E-state index is 0.157. The molecule has 6 heteroatoms. The Kier molecular flexibility index (Phi) is 5.37. The summed E-state index contributed by atoms with van der Waals surface area (Å²) >= 11 is 3.44. The van der Waals surface area contributed by atoms with Crippen molar-refractivity contribution in [2.24, 2.45) is 5.10 Å². The summed E-state index contributed by atoms with van der Waals surface area (Å²) in [7, 11) is 0. The number of para-hydroxylation sites is 1. The fourth-order valence-corrected chi connectivity index (χ4v) is 3.92. The van der Waals surface area contributed by atoms with Crippen LogP contribution in [-0.4, -0.2) is 20.4 Å². The van der Waals surface area contributed by atoms with Crippen LogP contribution in [0.25, 0.3) is 21.8 Å². The second-order valence-electron chi connectivity index (χ2n) is 7.17. The Bertz CT molecular complexity index is 1290. The molecule has 1 atom stereocenters. The number of halogens is 1. The highest BCUT2D eigenvalue weighted by Crippen LogP contribution is 2.25. The molecule has 0 aliphatic heterocycles. The van der Waals surface area contributed by atoms with E-state index in [-0.39, 0.29) is 5.56 Å². The Hall–Kier alpha value is -2.73. The number of benzene rings is 2. The summed E-state index contributed by atoms with van der Waals surface area (Å²) < 4.78 is 4.54. The summed E-state index contributed by atoms with van der Waals surface area (Å²) in [5.41, 5.74) is 2.70. The van der Waals surface area contributed by atoms with Gasteiger partial charge in [-0.25, -0.2) is 4.98 Å². The van der Waals surface area contributed by atoms with Crippen molar-refractivity contribution in [1.29, 1.82) is 0 Å². The normalized spacial score (nSPS) is 13.0. The van der Waals surface area contributed by atoms with Gasteiger partial charge in [0.2, 0.25) is 0 Å². The summed E-state index contributed by atoms with van der Waals surface area (Å²) in [5.74, 6) is 0.645. The first-order valence-corrected chi connectivity index (χ1v) is 10.7. The van der Waals surface area contributed by atoms with E-state index in [0.717, 1.165) is 21.8 Å². The lowest BCUT2D eigenvalue weighted by atomic mass is 10.2. The van der Waals surface area contributed by atoms with Crippen molar-refractivity contribution in [3.63, 3.8) is 0 Å². The molecule has 5 nitrogen and oxygen atoms in total. The van der Waals surface area contributed by atoms with Crippen LogP contribution in [-0.2, 0) is 6.42 Å². The zero-order valence-electron chi connectivity index (χ0n) is 16.8. The number of rotatable bonds is 5. The van der Waals surface area contributed by atoms with Crippen molar-refractivity contribution < 1.29 is 0 Å². The molecule has 0 saturated heterocycles. The van der Waals surface area contributed by atoms with Crippen LogP contribution in [0.2, 0.25) is 0 Å². The maximum absolute atomic E-state index is 13.1. The molecule has 29 heavy (non-hydrogen) atoms. The highest BCUT2D eigenvalue weighted by atomic mass is 79.9. The molecule has 0 bridgehead atoms. The zero-order valence-corrected chi connectivity index (χ0v) is 18.3. The van der Waals surface area contributed by atoms with Crippen LogP contribution in [0.1, 0.15) is 44.6 Å². The van der Waals surface area contributed by atoms with Gasteiger partial charge in [-0.05, 0) is 37.6 Å². The molecule has 4 aromatic rings. The summed E-state index contributed by atoms with van der Waals surface area (Å²) in [6.07, 6.45) is 5.54. The number of aryl methyl sites for hydroxylation is 1. The topological polar surface area (TPSA) is 52.2 Å². The fourth-order valence-electron chi connectivity index (χ4n) is 3.56. The van der Waals surface area contributed by atoms with E-state index in [4.69, 9.17) is 0 Å². The van der Waals surface area contributed by atoms with Crippen LogP contribution in [0.4, 0.5) is 0 Å². The van der Waals surface area contributed by atoms with Gasteiger partial charge in [-0.1, -0.05) is 48.0 Å². The molecular weight excluding hydrogens is 428 g/mol. The van der Waals surface area contributed by atoms with Gasteiger partial charge < -0.3 is 4.57 Å². The van der Waals surface area contributed by atoms with E-state index in [9.17, 15) is 4.79 Å². The smallest absolute Gasteiger partial charge is 0.282 e. The van der Waals surface area contributed by atoms with Crippen LogP contribution in [0.5, 0.6) is 0 Å². The van der Waals surface area contributed by atoms with Gasteiger partial charge in [-0.3, -0.25) is 4.79 Å². The van der Waals surface area contributed by atoms with Crippen molar-refractivity contribution in [3.05, 3.63) is 74.9 Å². The van der Waals surface area contributed by atoms with Gasteiger partial charge in [0.1, 0.15) is 5.82 Å². The second-order valence-corrected chi connectivity index (χ2v) is 8.09. The highest BCUT2D eigenvalue weighted by Gasteiger charge is 2.12. The number of hydrogen-bond acceptors (Lipinski definition) is 3. The Labute approximate surface area is 177 Å². The molecule has 0 aliphatic carbocycles. The second kappa shape index (κ2) is 7.95. The Morgan fingerprint density at radius 1 is 1.17 bits per heavy atom. The number of nitrogens with zero attached hydrogens (tertiary/aromatic N) is 4. The number of hydrogen-bond donors (Lipinski definition) is 0. The lowest BCUT2D eigenvalue weighted by Crippen LogP contribution is -2.22. The lowest BCUT2D eigenvalue weighted by Gasteiger charge is -2.12. The molecule has 0 radical (unpaired) electrons. The van der Waals surface area contributed by atoms with Crippen molar-refractivity contribution in [3.8, 4) is 0 Å². The molecule has 0 fully saturated rings. The maximum atomic E-state index is 13.1. The van der Waals surface area contributed by atoms with E-state index in [1.807, 2.05) is 31.2 Å². The average molecular weight is 451 g/mol. The molecule has 4 rings (SSSR count). The molecule has 2 aromatic carbocycles. The van der Waals surface area contributed by atoms with E-state index in [2.05, 4.69) is 62.8 Å². The third-order valence-electron chi connectivity index (χ3n) is 5.34. The van der Waals surface area contributed by atoms with Gasteiger partial charge in [0.15, 0.2) is 0 Å². The van der Waals surface area contributed by atoms with E-state index >= 15 is 0 Å². The van der Waals surface area contributed by atoms with Gasteiger partial charge in [0.25, 0.3) is 5.56 Å². The van der Waals surface area contributed by atoms with Crippen LogP contribution >= 0.6 is 15.9 Å². The molecule has 0 unspecified atom stereocenters. The van der Waals surface area contributed by atoms with E-state index in [1.165, 1.54) is 10.2 Å². The SMILES string of the molecule is CCc1nc2ccc(Br)cc2c(=O)n1N=Cc1cn([C@H](C)CC)c2ccccc12. The van der Waals surface area contributed by atoms with E-state index in [0.29, 0.717) is 29.2 Å². The highest BCUT2D eigenvalue weighted by molar-refractivity contribution is 9.10. The quantitative estimate of drug-likeness (QED) is 0.375. The predicted octanol–water partition coefficient (Wildman–Crippen LogP) is 5.53. The summed E-state index contributed by atoms with van der Waals surface area (Å²) in [6.45, 7) is 6.37. The van der Waals surface area contributed by atoms with Crippen molar-refractivity contribution in [2.75, 3.05) is 0 Å². The lowest BCUT2D eigenvalue weighted by molar-refractivity contribution is 0.548. The molecule has 0 amide bonds. The third kappa shape index (κ3) is 3.53. The first kappa shape index (κ1) is 19.6. The van der Waals surface area contributed by atoms with E-state index < -0.39 is 0 Å². The monoisotopic (exact) mass is 450 g/mol. The molecular formula is C23H23BrN4O. The van der Waals surface area contributed by atoms with Gasteiger partial charge in [-0.2, -0.15) is 9.78 Å². The van der Waals surface area contributed by atoms with Gasteiger partial charge in [0, 0.05) is 39.6 Å². The zero-order chi connectivity index (χ0) is 20.5. The number of aromatic nitrogens is 3. The van der Waals surface area contributed by atoms with Gasteiger partial charge >= 0.3 is 0 Å². The predicted molar refractivity (Wildman–Crippen MR) is 123 cm³/mol. The summed E-state index contributed by atoms with van der Waals surface area (Å²) in [6, 6.07) is 14.2. The van der Waals surface area contributed by atoms with Gasteiger partial charge in [-0.15, -0.1) is 0 Å². The third-order valence-corrected chi connectivity index (χ3v) is 5.83. The Balaban J connectivity index is 1.87. The Morgan fingerprint density at radius 2 is 1.97 bits per heavy atom. The fraction of sp³-hybridized carbons (Fsp3) is 0.261. The van der Waals surface area contributed by atoms with Crippen molar-refractivity contribution in [1.82, 2.24) is 14.2 Å². The molecule has 0 saturated carbocycles. The van der Waals surface area contributed by atoms with E-state index in [1.54, 1.807) is 12.3 Å². The molecule has 148 valence electrons. The standard InChI is InChI=1S/C23H23BrN4O/c1-4-15(3)27-14-16(18-8-6-7-9-21(18)27)13-25-28-22(5-2)26-20-11-10-17(24)12-19(20)23(28)29/h6-15H,4-5H2,1-3H3/t15-/m1/s1. The molecule has 2 heterocycles. The molecule has 0 aliphatic rings. The molecule has 0 N–H and O–H groups in total. The summed E-state index contributed by atoms with van der Waals surface area (Å²) in [4.78, 5) is 17.7. The Morgan fingerprint density at radius 3 is 2.72 bits per heavy atom. The molecule has 2 aromatic heterocycles. The summed E-state index contributed by atoms with van der Waals surface area (Å²) in [5, 5.41) is 6.24. The maximum Gasteiger partial charge on any atom is 0.282 e. The van der Waals surface area contributed by atoms with Crippen LogP contribution in [0, 0.1) is 0 Å². The van der Waals surface area contributed by atoms with Crippen molar-refractivity contribution in [2.45, 2.75) is 39.7 Å². The van der Waals surface area contributed by atoms with Crippen LogP contribution in [0.3, 0.4) is 0 Å². The van der Waals surface area contributed by atoms with Gasteiger partial charge in [0.05, 0.1) is 17.1 Å². The first-order chi connectivity index (χ1) is 14.0. The first-order valence-electron chi connectivity index (χ1n) is 9.88. The molecule has 0 spiro atoms.